The van der Waals surface area contributed by atoms with Gasteiger partial charge < -0.3 is 14.6 Å². The lowest BCUT2D eigenvalue weighted by atomic mass is 9.98. The molecule has 0 aromatic heterocycles. The lowest BCUT2D eigenvalue weighted by Crippen LogP contribution is -2.07. The Labute approximate surface area is 97.0 Å². The van der Waals surface area contributed by atoms with Crippen LogP contribution in [0.15, 0.2) is 6.07 Å². The lowest BCUT2D eigenvalue weighted by molar-refractivity contribution is 0.195. The maximum atomic E-state index is 9.44. The molecule has 0 aliphatic rings. The van der Waals surface area contributed by atoms with E-state index in [1.165, 1.54) is 0 Å². The first-order valence-electron chi connectivity index (χ1n) is 5.40. The minimum Gasteiger partial charge on any atom is -0.493 e. The molecule has 16 heavy (non-hydrogen) atoms. The molecule has 1 rings (SSSR count). The zero-order valence-electron chi connectivity index (χ0n) is 10.6. The van der Waals surface area contributed by atoms with Gasteiger partial charge in [-0.2, -0.15) is 0 Å². The molecule has 0 saturated carbocycles. The zero-order valence-corrected chi connectivity index (χ0v) is 10.6. The first kappa shape index (κ1) is 12.8. The quantitative estimate of drug-likeness (QED) is 0.852. The fraction of sp³-hybridized carbons (Fsp3) is 0.538. The van der Waals surface area contributed by atoms with E-state index in [0.29, 0.717) is 6.42 Å². The second-order valence-electron chi connectivity index (χ2n) is 4.10. The highest BCUT2D eigenvalue weighted by Crippen LogP contribution is 2.36. The number of aryl methyl sites for hydroxylation is 1. The van der Waals surface area contributed by atoms with Crippen LogP contribution >= 0.6 is 0 Å². The van der Waals surface area contributed by atoms with E-state index in [0.717, 1.165) is 28.2 Å². The van der Waals surface area contributed by atoms with Gasteiger partial charge in [0.1, 0.15) is 0 Å². The van der Waals surface area contributed by atoms with Gasteiger partial charge in [0, 0.05) is 0 Å². The van der Waals surface area contributed by atoms with E-state index in [-0.39, 0.29) is 6.10 Å². The van der Waals surface area contributed by atoms with E-state index >= 15 is 0 Å². The molecule has 0 aliphatic carbocycles. The van der Waals surface area contributed by atoms with Gasteiger partial charge in [0.2, 0.25) is 0 Å². The summed E-state index contributed by atoms with van der Waals surface area (Å²) in [4.78, 5) is 0. The van der Waals surface area contributed by atoms with E-state index < -0.39 is 0 Å². The van der Waals surface area contributed by atoms with Crippen LogP contribution in [0.1, 0.15) is 23.6 Å². The van der Waals surface area contributed by atoms with Crippen molar-refractivity contribution in [2.24, 2.45) is 0 Å². The molecule has 0 saturated heterocycles. The third-order valence-corrected chi connectivity index (χ3v) is 2.70. The highest BCUT2D eigenvalue weighted by Gasteiger charge is 2.15. The van der Waals surface area contributed by atoms with Crippen LogP contribution in [0.4, 0.5) is 0 Å². The average Bonchev–Trinajstić information content (AvgIpc) is 2.21. The van der Waals surface area contributed by atoms with Crippen LogP contribution in [0, 0.1) is 13.8 Å². The molecule has 1 N–H and O–H groups in total. The molecule has 0 amide bonds. The van der Waals surface area contributed by atoms with Crippen molar-refractivity contribution in [3.8, 4) is 11.5 Å². The topological polar surface area (TPSA) is 38.7 Å². The molecule has 0 bridgehead atoms. The summed E-state index contributed by atoms with van der Waals surface area (Å²) >= 11 is 0. The van der Waals surface area contributed by atoms with Gasteiger partial charge in [-0.25, -0.2) is 0 Å². The maximum absolute atomic E-state index is 9.44. The number of aliphatic hydroxyl groups is 1. The van der Waals surface area contributed by atoms with Crippen LogP contribution in [-0.4, -0.2) is 25.4 Å². The molecule has 0 heterocycles. The van der Waals surface area contributed by atoms with Crippen molar-refractivity contribution in [2.45, 2.75) is 33.3 Å². The molecule has 3 heteroatoms. The summed E-state index contributed by atoms with van der Waals surface area (Å²) in [5, 5.41) is 9.44. The van der Waals surface area contributed by atoms with E-state index in [9.17, 15) is 5.11 Å². The van der Waals surface area contributed by atoms with Crippen molar-refractivity contribution in [1.29, 1.82) is 0 Å². The highest BCUT2D eigenvalue weighted by atomic mass is 16.5. The monoisotopic (exact) mass is 224 g/mol. The summed E-state index contributed by atoms with van der Waals surface area (Å²) in [5.74, 6) is 1.53. The largest absolute Gasteiger partial charge is 0.493 e. The highest BCUT2D eigenvalue weighted by molar-refractivity contribution is 5.54. The van der Waals surface area contributed by atoms with Gasteiger partial charge in [-0.1, -0.05) is 6.07 Å². The number of rotatable bonds is 4. The molecule has 1 aromatic carbocycles. The smallest absolute Gasteiger partial charge is 0.164 e. The Morgan fingerprint density at radius 3 is 2.19 bits per heavy atom. The number of benzene rings is 1. The summed E-state index contributed by atoms with van der Waals surface area (Å²) in [7, 11) is 3.27. The first-order chi connectivity index (χ1) is 7.51. The van der Waals surface area contributed by atoms with Crippen LogP contribution in [0.5, 0.6) is 11.5 Å². The molecule has 0 fully saturated rings. The summed E-state index contributed by atoms with van der Waals surface area (Å²) in [6, 6.07) is 2.05. The average molecular weight is 224 g/mol. The van der Waals surface area contributed by atoms with Gasteiger partial charge in [-0.3, -0.25) is 0 Å². The third-order valence-electron chi connectivity index (χ3n) is 2.70. The van der Waals surface area contributed by atoms with Crippen molar-refractivity contribution < 1.29 is 14.6 Å². The first-order valence-corrected chi connectivity index (χ1v) is 5.40. The normalized spacial score (nSPS) is 12.4. The van der Waals surface area contributed by atoms with Crippen LogP contribution in [0.25, 0.3) is 0 Å². The second kappa shape index (κ2) is 5.21. The number of aliphatic hydroxyl groups excluding tert-OH is 1. The molecule has 1 aromatic rings. The van der Waals surface area contributed by atoms with Crippen molar-refractivity contribution >= 4 is 0 Å². The molecule has 0 spiro atoms. The van der Waals surface area contributed by atoms with E-state index in [1.54, 1.807) is 21.1 Å². The second-order valence-corrected chi connectivity index (χ2v) is 4.10. The Bertz CT molecular complexity index is 370. The van der Waals surface area contributed by atoms with Gasteiger partial charge in [-0.05, 0) is 43.9 Å². The Morgan fingerprint density at radius 1 is 1.19 bits per heavy atom. The van der Waals surface area contributed by atoms with E-state index in [1.807, 2.05) is 19.9 Å². The fourth-order valence-electron chi connectivity index (χ4n) is 1.96. The van der Waals surface area contributed by atoms with Crippen LogP contribution in [0.2, 0.25) is 0 Å². The molecule has 1 atom stereocenters. The van der Waals surface area contributed by atoms with Crippen LogP contribution < -0.4 is 9.47 Å². The molecule has 1 unspecified atom stereocenters. The predicted octanol–water partition coefficient (Wildman–Crippen LogP) is 2.24. The van der Waals surface area contributed by atoms with Gasteiger partial charge in [-0.15, -0.1) is 0 Å². The SMILES string of the molecule is COc1c(C)cc(CC(C)O)c(C)c1OC. The number of hydrogen-bond donors (Lipinski definition) is 1. The summed E-state index contributed by atoms with van der Waals surface area (Å²) < 4.78 is 10.7. The number of hydrogen-bond acceptors (Lipinski definition) is 3. The molecular formula is C13H20O3. The number of methoxy groups -OCH3 is 2. The summed E-state index contributed by atoms with van der Waals surface area (Å²) in [5.41, 5.74) is 3.16. The zero-order chi connectivity index (χ0) is 12.3. The van der Waals surface area contributed by atoms with Crippen molar-refractivity contribution in [1.82, 2.24) is 0 Å². The Morgan fingerprint density at radius 2 is 1.75 bits per heavy atom. The van der Waals surface area contributed by atoms with Crippen molar-refractivity contribution in [3.05, 3.63) is 22.8 Å². The van der Waals surface area contributed by atoms with Crippen LogP contribution in [0.3, 0.4) is 0 Å². The summed E-state index contributed by atoms with van der Waals surface area (Å²) in [6.07, 6.45) is 0.281. The minimum absolute atomic E-state index is 0.351. The van der Waals surface area contributed by atoms with Gasteiger partial charge in [0.25, 0.3) is 0 Å². The molecule has 3 nitrogen and oxygen atoms in total. The molecule has 0 aliphatic heterocycles. The lowest BCUT2D eigenvalue weighted by Gasteiger charge is -2.17. The fourth-order valence-corrected chi connectivity index (χ4v) is 1.96. The maximum Gasteiger partial charge on any atom is 0.164 e. The standard InChI is InChI=1S/C13H20O3/c1-8-6-11(7-9(2)14)10(3)13(16-5)12(8)15-4/h6,9,14H,7H2,1-5H3. The van der Waals surface area contributed by atoms with Gasteiger partial charge in [0.05, 0.1) is 20.3 Å². The summed E-state index contributed by atoms with van der Waals surface area (Å²) in [6.45, 7) is 5.75. The Kier molecular flexibility index (Phi) is 4.19. The van der Waals surface area contributed by atoms with Crippen molar-refractivity contribution in [3.63, 3.8) is 0 Å². The van der Waals surface area contributed by atoms with Crippen LogP contribution in [-0.2, 0) is 6.42 Å². The van der Waals surface area contributed by atoms with Gasteiger partial charge in [0.15, 0.2) is 11.5 Å². The number of ether oxygens (including phenoxy) is 2. The predicted molar refractivity (Wildman–Crippen MR) is 64.4 cm³/mol. The van der Waals surface area contributed by atoms with E-state index in [2.05, 4.69) is 0 Å². The molecular weight excluding hydrogens is 204 g/mol. The molecule has 90 valence electrons. The molecule has 0 radical (unpaired) electrons. The van der Waals surface area contributed by atoms with Gasteiger partial charge >= 0.3 is 0 Å². The van der Waals surface area contributed by atoms with E-state index in [4.69, 9.17) is 9.47 Å². The third kappa shape index (κ3) is 2.47. The Hall–Kier alpha value is -1.22. The van der Waals surface area contributed by atoms with Crippen molar-refractivity contribution in [2.75, 3.05) is 14.2 Å². The minimum atomic E-state index is -0.351. The Balaban J connectivity index is 3.28.